The van der Waals surface area contributed by atoms with Crippen LogP contribution in [-0.2, 0) is 0 Å². The van der Waals surface area contributed by atoms with Crippen LogP contribution in [0.1, 0.15) is 64.9 Å². The molecule has 2 rings (SSSR count). The normalized spacial score (nSPS) is 17.3. The van der Waals surface area contributed by atoms with E-state index in [0.717, 1.165) is 43.5 Å². The third-order valence-electron chi connectivity index (χ3n) is 4.23. The van der Waals surface area contributed by atoms with E-state index in [0.29, 0.717) is 17.9 Å². The van der Waals surface area contributed by atoms with Crippen LogP contribution in [0.2, 0.25) is 0 Å². The predicted molar refractivity (Wildman–Crippen MR) is 89.1 cm³/mol. The molecule has 1 aromatic rings. The highest BCUT2D eigenvalue weighted by atomic mass is 15.3. The Morgan fingerprint density at radius 1 is 0.857 bits per heavy atom. The maximum atomic E-state index is 4.81. The van der Waals surface area contributed by atoms with Crippen molar-refractivity contribution in [2.45, 2.75) is 59.4 Å². The molecule has 4 heteroatoms. The molecule has 0 aromatic carbocycles. The van der Waals surface area contributed by atoms with Gasteiger partial charge in [-0.3, -0.25) is 4.90 Å². The Labute approximate surface area is 129 Å². The van der Waals surface area contributed by atoms with Gasteiger partial charge in [0.25, 0.3) is 0 Å². The second kappa shape index (κ2) is 6.73. The van der Waals surface area contributed by atoms with E-state index in [4.69, 9.17) is 9.97 Å². The molecule has 1 aliphatic rings. The van der Waals surface area contributed by atoms with E-state index < -0.39 is 0 Å². The predicted octanol–water partition coefficient (Wildman–Crippen LogP) is 3.25. The molecule has 0 spiro atoms. The first kappa shape index (κ1) is 16.2. The second-order valence-electron chi connectivity index (χ2n) is 6.94. The van der Waals surface area contributed by atoms with Gasteiger partial charge < -0.3 is 4.90 Å². The van der Waals surface area contributed by atoms with E-state index in [9.17, 15) is 0 Å². The Hall–Kier alpha value is -1.16. The summed E-state index contributed by atoms with van der Waals surface area (Å²) in [5.41, 5.74) is 1.16. The molecule has 0 radical (unpaired) electrons. The zero-order valence-electron chi connectivity index (χ0n) is 14.4. The minimum Gasteiger partial charge on any atom is -0.354 e. The SMILES string of the molecule is CC(C)c1cc(N2CCN(C(C)C)CC2)nc(C(C)C)n1. The van der Waals surface area contributed by atoms with Crippen LogP contribution >= 0.6 is 0 Å². The Balaban J connectivity index is 2.19. The topological polar surface area (TPSA) is 32.3 Å². The summed E-state index contributed by atoms with van der Waals surface area (Å²) in [5, 5.41) is 0. The van der Waals surface area contributed by atoms with Gasteiger partial charge in [0, 0.05) is 49.9 Å². The van der Waals surface area contributed by atoms with Crippen LogP contribution in [0.4, 0.5) is 5.82 Å². The molecule has 2 heterocycles. The summed E-state index contributed by atoms with van der Waals surface area (Å²) in [6.45, 7) is 17.6. The number of hydrogen-bond donors (Lipinski definition) is 0. The number of anilines is 1. The first-order valence-electron chi connectivity index (χ1n) is 8.26. The molecule has 1 fully saturated rings. The number of aromatic nitrogens is 2. The Kier molecular flexibility index (Phi) is 5.20. The summed E-state index contributed by atoms with van der Waals surface area (Å²) in [5.74, 6) is 2.91. The van der Waals surface area contributed by atoms with Crippen molar-refractivity contribution in [3.8, 4) is 0 Å². The Morgan fingerprint density at radius 2 is 1.48 bits per heavy atom. The van der Waals surface area contributed by atoms with Crippen molar-refractivity contribution < 1.29 is 0 Å². The van der Waals surface area contributed by atoms with Gasteiger partial charge in [-0.05, 0) is 19.8 Å². The summed E-state index contributed by atoms with van der Waals surface area (Å²) < 4.78 is 0. The van der Waals surface area contributed by atoms with E-state index in [2.05, 4.69) is 57.4 Å². The molecule has 1 aliphatic heterocycles. The van der Waals surface area contributed by atoms with Gasteiger partial charge in [-0.1, -0.05) is 27.7 Å². The van der Waals surface area contributed by atoms with Crippen molar-refractivity contribution in [2.24, 2.45) is 0 Å². The van der Waals surface area contributed by atoms with Gasteiger partial charge in [0.05, 0.1) is 0 Å². The summed E-state index contributed by atoms with van der Waals surface area (Å²) >= 11 is 0. The summed E-state index contributed by atoms with van der Waals surface area (Å²) in [6.07, 6.45) is 0. The lowest BCUT2D eigenvalue weighted by molar-refractivity contribution is 0.209. The van der Waals surface area contributed by atoms with Crippen LogP contribution in [0.5, 0.6) is 0 Å². The summed E-state index contributed by atoms with van der Waals surface area (Å²) in [6, 6.07) is 2.82. The Morgan fingerprint density at radius 3 is 1.95 bits per heavy atom. The van der Waals surface area contributed by atoms with Gasteiger partial charge in [-0.15, -0.1) is 0 Å². The maximum Gasteiger partial charge on any atom is 0.133 e. The van der Waals surface area contributed by atoms with Crippen LogP contribution in [0.15, 0.2) is 6.07 Å². The molecule has 1 aromatic heterocycles. The average Bonchev–Trinajstić information content (AvgIpc) is 2.46. The van der Waals surface area contributed by atoms with Crippen molar-refractivity contribution in [2.75, 3.05) is 31.1 Å². The highest BCUT2D eigenvalue weighted by Gasteiger charge is 2.21. The van der Waals surface area contributed by atoms with Crippen molar-refractivity contribution in [3.63, 3.8) is 0 Å². The van der Waals surface area contributed by atoms with Crippen LogP contribution in [0.25, 0.3) is 0 Å². The van der Waals surface area contributed by atoms with E-state index in [1.54, 1.807) is 0 Å². The zero-order valence-corrected chi connectivity index (χ0v) is 14.4. The van der Waals surface area contributed by atoms with Crippen molar-refractivity contribution in [1.29, 1.82) is 0 Å². The van der Waals surface area contributed by atoms with Crippen molar-refractivity contribution >= 4 is 5.82 Å². The lowest BCUT2D eigenvalue weighted by atomic mass is 10.1. The van der Waals surface area contributed by atoms with Gasteiger partial charge in [0.15, 0.2) is 0 Å². The number of rotatable bonds is 4. The second-order valence-corrected chi connectivity index (χ2v) is 6.94. The van der Waals surface area contributed by atoms with Gasteiger partial charge in [0.2, 0.25) is 0 Å². The molecule has 0 N–H and O–H groups in total. The van der Waals surface area contributed by atoms with Gasteiger partial charge in [-0.2, -0.15) is 0 Å². The van der Waals surface area contributed by atoms with Crippen LogP contribution < -0.4 is 4.90 Å². The highest BCUT2D eigenvalue weighted by Crippen LogP contribution is 2.23. The number of nitrogens with zero attached hydrogens (tertiary/aromatic N) is 4. The molecule has 0 unspecified atom stereocenters. The molecule has 0 bridgehead atoms. The third-order valence-corrected chi connectivity index (χ3v) is 4.23. The summed E-state index contributed by atoms with van der Waals surface area (Å²) in [4.78, 5) is 14.5. The first-order valence-corrected chi connectivity index (χ1v) is 8.26. The maximum absolute atomic E-state index is 4.81. The Bertz CT molecular complexity index is 434. The molecule has 21 heavy (non-hydrogen) atoms. The minimum absolute atomic E-state index is 0.374. The fourth-order valence-electron chi connectivity index (χ4n) is 2.65. The van der Waals surface area contributed by atoms with Crippen LogP contribution in [0, 0.1) is 0 Å². The highest BCUT2D eigenvalue weighted by molar-refractivity contribution is 5.41. The molecule has 0 amide bonds. The van der Waals surface area contributed by atoms with E-state index >= 15 is 0 Å². The molecule has 4 nitrogen and oxygen atoms in total. The van der Waals surface area contributed by atoms with E-state index in [1.807, 2.05) is 0 Å². The lowest BCUT2D eigenvalue weighted by Gasteiger charge is -2.37. The first-order chi connectivity index (χ1) is 9.88. The standard InChI is InChI=1S/C17H30N4/c1-12(2)15-11-16(19-17(18-15)13(3)4)21-9-7-20(8-10-21)14(5)6/h11-14H,7-10H2,1-6H3. The van der Waals surface area contributed by atoms with Crippen LogP contribution in [0.3, 0.4) is 0 Å². The third kappa shape index (κ3) is 3.94. The molecule has 0 aliphatic carbocycles. The minimum atomic E-state index is 0.374. The summed E-state index contributed by atoms with van der Waals surface area (Å²) in [7, 11) is 0. The average molecular weight is 290 g/mol. The molecule has 1 saturated heterocycles. The molecule has 118 valence electrons. The fourth-order valence-corrected chi connectivity index (χ4v) is 2.65. The smallest absolute Gasteiger partial charge is 0.133 e. The van der Waals surface area contributed by atoms with Gasteiger partial charge >= 0.3 is 0 Å². The van der Waals surface area contributed by atoms with Gasteiger partial charge in [-0.25, -0.2) is 9.97 Å². The quantitative estimate of drug-likeness (QED) is 0.852. The monoisotopic (exact) mass is 290 g/mol. The molecule has 0 atom stereocenters. The number of hydrogen-bond acceptors (Lipinski definition) is 4. The van der Waals surface area contributed by atoms with E-state index in [1.165, 1.54) is 0 Å². The lowest BCUT2D eigenvalue weighted by Crippen LogP contribution is -2.49. The fraction of sp³-hybridized carbons (Fsp3) is 0.765. The molecular weight excluding hydrogens is 260 g/mol. The van der Waals surface area contributed by atoms with Crippen molar-refractivity contribution in [3.05, 3.63) is 17.6 Å². The van der Waals surface area contributed by atoms with Gasteiger partial charge in [0.1, 0.15) is 11.6 Å². The molecule has 0 saturated carbocycles. The van der Waals surface area contributed by atoms with E-state index in [-0.39, 0.29) is 0 Å². The molecular formula is C17H30N4. The largest absolute Gasteiger partial charge is 0.354 e. The zero-order chi connectivity index (χ0) is 15.6. The number of piperazine rings is 1. The van der Waals surface area contributed by atoms with Crippen LogP contribution in [-0.4, -0.2) is 47.1 Å². The van der Waals surface area contributed by atoms with Crippen molar-refractivity contribution in [1.82, 2.24) is 14.9 Å².